The number of hydrogen-bond donors (Lipinski definition) is 0. The van der Waals surface area contributed by atoms with Gasteiger partial charge in [0.05, 0.1) is 4.70 Å². The maximum atomic E-state index is 5.90. The smallest absolute Gasteiger partial charge is 0.172 e. The number of hydrogen-bond acceptors (Lipinski definition) is 5. The van der Waals surface area contributed by atoms with E-state index < -0.39 is 0 Å². The minimum absolute atomic E-state index is 0.387. The lowest BCUT2D eigenvalue weighted by Crippen LogP contribution is -1.85. The zero-order chi connectivity index (χ0) is 9.54. The second-order valence-corrected chi connectivity index (χ2v) is 4.07. The fourth-order valence-corrected chi connectivity index (χ4v) is 2.50. The summed E-state index contributed by atoms with van der Waals surface area (Å²) in [6.45, 7) is 0. The monoisotopic (exact) mass is 222 g/mol. The van der Waals surface area contributed by atoms with Gasteiger partial charge in [-0.15, -0.1) is 21.5 Å². The summed E-state index contributed by atoms with van der Waals surface area (Å²) < 4.78 is 0.843. The van der Waals surface area contributed by atoms with Crippen molar-refractivity contribution >= 4 is 43.4 Å². The van der Waals surface area contributed by atoms with Crippen molar-refractivity contribution in [1.82, 2.24) is 20.4 Å². The van der Waals surface area contributed by atoms with Crippen molar-refractivity contribution in [1.29, 1.82) is 0 Å². The largest absolute Gasteiger partial charge is 0.245 e. The lowest BCUT2D eigenvalue weighted by molar-refractivity contribution is 0.900. The summed E-state index contributed by atoms with van der Waals surface area (Å²) in [5.41, 5.74) is 0.776. The molecular formula is C8H3ClN4S. The van der Waals surface area contributed by atoms with Crippen LogP contribution >= 0.6 is 22.9 Å². The Morgan fingerprint density at radius 3 is 3.14 bits per heavy atom. The molecule has 4 nitrogen and oxygen atoms in total. The van der Waals surface area contributed by atoms with Gasteiger partial charge in [-0.05, 0) is 17.3 Å². The van der Waals surface area contributed by atoms with Crippen LogP contribution in [0.1, 0.15) is 0 Å². The highest BCUT2D eigenvalue weighted by Crippen LogP contribution is 2.33. The summed E-state index contributed by atoms with van der Waals surface area (Å²) in [7, 11) is 0. The third-order valence-electron chi connectivity index (χ3n) is 1.90. The van der Waals surface area contributed by atoms with Crippen molar-refractivity contribution in [2.75, 3.05) is 0 Å². The Bertz CT molecular complexity index is 621. The molecule has 0 aliphatic carbocycles. The van der Waals surface area contributed by atoms with Crippen molar-refractivity contribution in [3.63, 3.8) is 0 Å². The average molecular weight is 223 g/mol. The number of nitrogens with zero attached hydrogens (tertiary/aromatic N) is 4. The molecule has 0 spiro atoms. The van der Waals surface area contributed by atoms with E-state index in [4.69, 9.17) is 11.6 Å². The second kappa shape index (κ2) is 2.83. The van der Waals surface area contributed by atoms with Gasteiger partial charge >= 0.3 is 0 Å². The van der Waals surface area contributed by atoms with Gasteiger partial charge in [0.15, 0.2) is 5.15 Å². The summed E-state index contributed by atoms with van der Waals surface area (Å²) in [4.78, 5) is 5.13. The highest BCUT2D eigenvalue weighted by molar-refractivity contribution is 7.25. The molecule has 0 amide bonds. The van der Waals surface area contributed by atoms with Crippen LogP contribution in [-0.2, 0) is 0 Å². The summed E-state index contributed by atoms with van der Waals surface area (Å²) in [5, 5.41) is 12.6. The van der Waals surface area contributed by atoms with Crippen molar-refractivity contribution in [3.05, 3.63) is 23.5 Å². The summed E-state index contributed by atoms with van der Waals surface area (Å²) >= 11 is 7.38. The van der Waals surface area contributed by atoms with Crippen LogP contribution < -0.4 is 0 Å². The number of halogens is 1. The van der Waals surface area contributed by atoms with E-state index in [0.717, 1.165) is 20.4 Å². The van der Waals surface area contributed by atoms with E-state index in [-0.39, 0.29) is 0 Å². The van der Waals surface area contributed by atoms with Gasteiger partial charge in [0.1, 0.15) is 10.3 Å². The van der Waals surface area contributed by atoms with Crippen LogP contribution in [0.25, 0.3) is 20.4 Å². The van der Waals surface area contributed by atoms with Crippen molar-refractivity contribution < 1.29 is 0 Å². The topological polar surface area (TPSA) is 51.6 Å². The molecule has 3 aromatic heterocycles. The predicted octanol–water partition coefficient (Wildman–Crippen LogP) is 2.29. The van der Waals surface area contributed by atoms with E-state index in [1.54, 1.807) is 6.20 Å². The molecule has 0 unspecified atom stereocenters. The first-order valence-corrected chi connectivity index (χ1v) is 5.08. The fourth-order valence-electron chi connectivity index (χ4n) is 1.31. The van der Waals surface area contributed by atoms with Crippen molar-refractivity contribution in [2.45, 2.75) is 0 Å². The Labute approximate surface area is 87.6 Å². The molecule has 14 heavy (non-hydrogen) atoms. The van der Waals surface area contributed by atoms with Crippen LogP contribution in [0, 0.1) is 0 Å². The summed E-state index contributed by atoms with van der Waals surface area (Å²) in [5.74, 6) is 0. The lowest BCUT2D eigenvalue weighted by Gasteiger charge is -1.87. The van der Waals surface area contributed by atoms with Crippen molar-refractivity contribution in [3.8, 4) is 0 Å². The molecule has 3 rings (SSSR count). The molecule has 0 N–H and O–H groups in total. The molecule has 0 aliphatic rings. The number of thiophene rings is 1. The molecule has 3 aromatic rings. The zero-order valence-corrected chi connectivity index (χ0v) is 8.38. The van der Waals surface area contributed by atoms with E-state index in [0.29, 0.717) is 5.15 Å². The minimum atomic E-state index is 0.387. The lowest BCUT2D eigenvalue weighted by atomic mass is 10.3. The van der Waals surface area contributed by atoms with E-state index in [9.17, 15) is 0 Å². The molecule has 3 heterocycles. The Morgan fingerprint density at radius 2 is 2.21 bits per heavy atom. The zero-order valence-electron chi connectivity index (χ0n) is 6.81. The summed E-state index contributed by atoms with van der Waals surface area (Å²) in [6, 6.07) is 3.82. The molecule has 0 fully saturated rings. The molecule has 0 saturated heterocycles. The predicted molar refractivity (Wildman–Crippen MR) is 55.5 cm³/mol. The second-order valence-electron chi connectivity index (χ2n) is 2.72. The average Bonchev–Trinajstić information content (AvgIpc) is 2.59. The molecule has 0 atom stereocenters. The van der Waals surface area contributed by atoms with Gasteiger partial charge in [-0.3, -0.25) is 0 Å². The first-order chi connectivity index (χ1) is 6.86. The standard InChI is InChI=1S/C8H3ClN4S/c9-7-6-5(11-13-12-7)4-2-1-3-10-8(4)14-6/h1-3H. The maximum Gasteiger partial charge on any atom is 0.172 e. The van der Waals surface area contributed by atoms with Crippen LogP contribution in [0.15, 0.2) is 18.3 Å². The molecule has 68 valence electrons. The number of aromatic nitrogens is 4. The van der Waals surface area contributed by atoms with Gasteiger partial charge in [-0.2, -0.15) is 0 Å². The molecule has 0 aliphatic heterocycles. The number of rotatable bonds is 0. The minimum Gasteiger partial charge on any atom is -0.245 e. The van der Waals surface area contributed by atoms with Crippen LogP contribution in [0.4, 0.5) is 0 Å². The van der Waals surface area contributed by atoms with E-state index in [1.165, 1.54) is 11.3 Å². The Hall–Kier alpha value is -1.33. The van der Waals surface area contributed by atoms with Gasteiger partial charge in [-0.25, -0.2) is 4.98 Å². The molecular weight excluding hydrogens is 220 g/mol. The Balaban J connectivity index is 2.63. The van der Waals surface area contributed by atoms with Gasteiger partial charge in [-0.1, -0.05) is 11.6 Å². The molecule has 0 radical (unpaired) electrons. The Morgan fingerprint density at radius 1 is 1.29 bits per heavy atom. The first kappa shape index (κ1) is 8.02. The van der Waals surface area contributed by atoms with E-state index in [2.05, 4.69) is 20.4 Å². The molecule has 0 aromatic carbocycles. The quantitative estimate of drug-likeness (QED) is 0.586. The van der Waals surface area contributed by atoms with E-state index >= 15 is 0 Å². The van der Waals surface area contributed by atoms with Crippen LogP contribution in [0.3, 0.4) is 0 Å². The third-order valence-corrected chi connectivity index (χ3v) is 3.39. The molecule has 6 heteroatoms. The normalized spacial score (nSPS) is 11.2. The highest BCUT2D eigenvalue weighted by Gasteiger charge is 2.10. The molecule has 0 bridgehead atoms. The van der Waals surface area contributed by atoms with Crippen molar-refractivity contribution in [2.24, 2.45) is 0 Å². The SMILES string of the molecule is Clc1nnnc2c1sc1ncccc12. The number of pyridine rings is 1. The number of fused-ring (bicyclic) bond motifs is 3. The first-order valence-electron chi connectivity index (χ1n) is 3.88. The third kappa shape index (κ3) is 0.995. The molecule has 0 saturated carbocycles. The van der Waals surface area contributed by atoms with Gasteiger partial charge < -0.3 is 0 Å². The van der Waals surface area contributed by atoms with E-state index in [1.807, 2.05) is 12.1 Å². The fraction of sp³-hybridized carbons (Fsp3) is 0. The maximum absolute atomic E-state index is 5.90. The summed E-state index contributed by atoms with van der Waals surface area (Å²) in [6.07, 6.45) is 1.74. The van der Waals surface area contributed by atoms with Crippen LogP contribution in [0.5, 0.6) is 0 Å². The van der Waals surface area contributed by atoms with Gasteiger partial charge in [0.2, 0.25) is 0 Å². The Kier molecular flexibility index (Phi) is 1.62. The van der Waals surface area contributed by atoms with Gasteiger partial charge in [0, 0.05) is 11.6 Å². The van der Waals surface area contributed by atoms with Gasteiger partial charge in [0.25, 0.3) is 0 Å². The highest BCUT2D eigenvalue weighted by atomic mass is 35.5. The van der Waals surface area contributed by atoms with Crippen LogP contribution in [0.2, 0.25) is 5.15 Å². The van der Waals surface area contributed by atoms with Crippen LogP contribution in [-0.4, -0.2) is 20.4 Å².